The van der Waals surface area contributed by atoms with Crippen molar-refractivity contribution in [2.24, 2.45) is 0 Å². The predicted octanol–water partition coefficient (Wildman–Crippen LogP) is 4.95. The number of benzene rings is 2. The van der Waals surface area contributed by atoms with Crippen molar-refractivity contribution in [2.45, 2.75) is 26.7 Å². The van der Waals surface area contributed by atoms with Crippen molar-refractivity contribution < 1.29 is 0 Å². The van der Waals surface area contributed by atoms with Gasteiger partial charge in [0.05, 0.1) is 0 Å². The Hall–Kier alpha value is -1.87. The molecule has 110 valence electrons. The molecule has 0 aliphatic heterocycles. The lowest BCUT2D eigenvalue weighted by Gasteiger charge is -2.22. The Morgan fingerprint density at radius 2 is 1.81 bits per heavy atom. The first-order valence-electron chi connectivity index (χ1n) is 7.18. The van der Waals surface area contributed by atoms with Crippen molar-refractivity contribution >= 4 is 28.7 Å². The number of rotatable bonds is 3. The van der Waals surface area contributed by atoms with Crippen LogP contribution in [-0.4, -0.2) is 12.2 Å². The molecule has 0 spiro atoms. The normalized spacial score (nSPS) is 10.5. The molecule has 0 aliphatic rings. The molecule has 2 nitrogen and oxygen atoms in total. The van der Waals surface area contributed by atoms with Crippen molar-refractivity contribution in [3.63, 3.8) is 0 Å². The van der Waals surface area contributed by atoms with Crippen LogP contribution in [0, 0.1) is 6.92 Å². The molecule has 21 heavy (non-hydrogen) atoms. The van der Waals surface area contributed by atoms with E-state index in [1.807, 2.05) is 24.1 Å². The van der Waals surface area contributed by atoms with Crippen LogP contribution < -0.4 is 10.2 Å². The SMILES string of the molecule is Cc1cccc(N(C)C(=S)Nc2cccc(C(C)C)c2)c1. The molecule has 2 aromatic rings. The summed E-state index contributed by atoms with van der Waals surface area (Å²) in [5.41, 5.74) is 4.66. The van der Waals surface area contributed by atoms with Crippen LogP contribution in [0.1, 0.15) is 30.9 Å². The number of thiocarbonyl (C=S) groups is 1. The van der Waals surface area contributed by atoms with Crippen LogP contribution in [0.2, 0.25) is 0 Å². The maximum absolute atomic E-state index is 5.51. The highest BCUT2D eigenvalue weighted by Crippen LogP contribution is 2.20. The van der Waals surface area contributed by atoms with Crippen LogP contribution >= 0.6 is 12.2 Å². The molecule has 0 heterocycles. The van der Waals surface area contributed by atoms with Gasteiger partial charge in [-0.25, -0.2) is 0 Å². The molecule has 0 fully saturated rings. The molecule has 0 aliphatic carbocycles. The molecule has 1 N–H and O–H groups in total. The number of hydrogen-bond donors (Lipinski definition) is 1. The Balaban J connectivity index is 2.12. The molecule has 0 aromatic heterocycles. The standard InChI is InChI=1S/C18H22N2S/c1-13(2)15-8-6-9-16(12-15)19-18(21)20(4)17-10-5-7-14(3)11-17/h5-13H,1-4H3,(H,19,21). The van der Waals surface area contributed by atoms with Gasteiger partial charge in [-0.1, -0.05) is 38.1 Å². The smallest absolute Gasteiger partial charge is 0.177 e. The third kappa shape index (κ3) is 4.05. The van der Waals surface area contributed by atoms with Gasteiger partial charge in [0.15, 0.2) is 5.11 Å². The third-order valence-electron chi connectivity index (χ3n) is 3.50. The fourth-order valence-electron chi connectivity index (χ4n) is 2.14. The van der Waals surface area contributed by atoms with E-state index in [2.05, 4.69) is 62.5 Å². The van der Waals surface area contributed by atoms with Crippen LogP contribution in [0.4, 0.5) is 11.4 Å². The molecule has 0 saturated heterocycles. The topological polar surface area (TPSA) is 15.3 Å². The summed E-state index contributed by atoms with van der Waals surface area (Å²) in [5.74, 6) is 0.509. The first-order valence-corrected chi connectivity index (χ1v) is 7.59. The van der Waals surface area contributed by atoms with Crippen molar-refractivity contribution in [2.75, 3.05) is 17.3 Å². The molecule has 0 unspecified atom stereocenters. The average Bonchev–Trinajstić information content (AvgIpc) is 2.46. The Bertz CT molecular complexity index is 635. The number of aryl methyl sites for hydroxylation is 1. The fourth-order valence-corrected chi connectivity index (χ4v) is 2.36. The molecule has 0 radical (unpaired) electrons. The van der Waals surface area contributed by atoms with Crippen molar-refractivity contribution in [3.8, 4) is 0 Å². The van der Waals surface area contributed by atoms with E-state index in [1.54, 1.807) is 0 Å². The van der Waals surface area contributed by atoms with E-state index in [0.717, 1.165) is 11.4 Å². The second kappa shape index (κ2) is 6.72. The molecule has 2 rings (SSSR count). The van der Waals surface area contributed by atoms with Crippen LogP contribution in [-0.2, 0) is 0 Å². The number of hydrogen-bond acceptors (Lipinski definition) is 1. The van der Waals surface area contributed by atoms with Gasteiger partial charge in [0.2, 0.25) is 0 Å². The summed E-state index contributed by atoms with van der Waals surface area (Å²) >= 11 is 5.51. The van der Waals surface area contributed by atoms with Gasteiger partial charge in [-0.15, -0.1) is 0 Å². The van der Waals surface area contributed by atoms with Gasteiger partial charge in [0, 0.05) is 18.4 Å². The minimum absolute atomic E-state index is 0.509. The van der Waals surface area contributed by atoms with Gasteiger partial charge in [-0.05, 0) is 60.5 Å². The number of anilines is 2. The van der Waals surface area contributed by atoms with E-state index in [4.69, 9.17) is 12.2 Å². The molecular weight excluding hydrogens is 276 g/mol. The van der Waals surface area contributed by atoms with E-state index in [9.17, 15) is 0 Å². The lowest BCUT2D eigenvalue weighted by Crippen LogP contribution is -2.30. The van der Waals surface area contributed by atoms with Gasteiger partial charge >= 0.3 is 0 Å². The fraction of sp³-hybridized carbons (Fsp3) is 0.278. The van der Waals surface area contributed by atoms with Crippen LogP contribution in [0.25, 0.3) is 0 Å². The van der Waals surface area contributed by atoms with Gasteiger partial charge in [-0.2, -0.15) is 0 Å². The van der Waals surface area contributed by atoms with Crippen LogP contribution in [0.5, 0.6) is 0 Å². The summed E-state index contributed by atoms with van der Waals surface area (Å²) in [6.07, 6.45) is 0. The lowest BCUT2D eigenvalue weighted by atomic mass is 10.0. The van der Waals surface area contributed by atoms with E-state index in [0.29, 0.717) is 11.0 Å². The van der Waals surface area contributed by atoms with Gasteiger partial charge in [0.25, 0.3) is 0 Å². The maximum atomic E-state index is 5.51. The highest BCUT2D eigenvalue weighted by molar-refractivity contribution is 7.80. The molecule has 0 amide bonds. The average molecular weight is 298 g/mol. The van der Waals surface area contributed by atoms with Gasteiger partial charge in [-0.3, -0.25) is 0 Å². The van der Waals surface area contributed by atoms with E-state index < -0.39 is 0 Å². The van der Waals surface area contributed by atoms with Crippen molar-refractivity contribution in [1.29, 1.82) is 0 Å². The number of nitrogens with one attached hydrogen (secondary N) is 1. The predicted molar refractivity (Wildman–Crippen MR) is 96.3 cm³/mol. The summed E-state index contributed by atoms with van der Waals surface area (Å²) in [7, 11) is 1.98. The Morgan fingerprint density at radius 1 is 1.10 bits per heavy atom. The van der Waals surface area contributed by atoms with Gasteiger partial charge < -0.3 is 10.2 Å². The van der Waals surface area contributed by atoms with Gasteiger partial charge in [0.1, 0.15) is 0 Å². The molecular formula is C18H22N2S. The first kappa shape index (κ1) is 15.5. The van der Waals surface area contributed by atoms with E-state index >= 15 is 0 Å². The monoisotopic (exact) mass is 298 g/mol. The third-order valence-corrected chi connectivity index (χ3v) is 3.87. The summed E-state index contributed by atoms with van der Waals surface area (Å²) < 4.78 is 0. The number of nitrogens with zero attached hydrogens (tertiary/aromatic N) is 1. The zero-order valence-corrected chi connectivity index (χ0v) is 13.9. The van der Waals surface area contributed by atoms with E-state index in [1.165, 1.54) is 11.1 Å². The van der Waals surface area contributed by atoms with Crippen molar-refractivity contribution in [1.82, 2.24) is 0 Å². The zero-order chi connectivity index (χ0) is 15.4. The summed E-state index contributed by atoms with van der Waals surface area (Å²) in [5, 5.41) is 4.01. The summed E-state index contributed by atoms with van der Waals surface area (Å²) in [4.78, 5) is 1.99. The quantitative estimate of drug-likeness (QED) is 0.807. The Labute approximate surface area is 132 Å². The van der Waals surface area contributed by atoms with Crippen molar-refractivity contribution in [3.05, 3.63) is 59.7 Å². The molecule has 3 heteroatoms. The maximum Gasteiger partial charge on any atom is 0.177 e. The largest absolute Gasteiger partial charge is 0.332 e. The lowest BCUT2D eigenvalue weighted by molar-refractivity contribution is 0.867. The Morgan fingerprint density at radius 3 is 2.48 bits per heavy atom. The molecule has 0 bridgehead atoms. The summed E-state index contributed by atoms with van der Waals surface area (Å²) in [6, 6.07) is 16.7. The summed E-state index contributed by atoms with van der Waals surface area (Å²) in [6.45, 7) is 6.46. The Kier molecular flexibility index (Phi) is 4.97. The minimum Gasteiger partial charge on any atom is -0.332 e. The highest BCUT2D eigenvalue weighted by Gasteiger charge is 2.08. The highest BCUT2D eigenvalue weighted by atomic mass is 32.1. The van der Waals surface area contributed by atoms with E-state index in [-0.39, 0.29) is 0 Å². The molecule has 0 atom stereocenters. The first-order chi connectivity index (χ1) is 9.97. The van der Waals surface area contributed by atoms with Crippen LogP contribution in [0.3, 0.4) is 0 Å². The van der Waals surface area contributed by atoms with Crippen LogP contribution in [0.15, 0.2) is 48.5 Å². The molecule has 0 saturated carbocycles. The second-order valence-electron chi connectivity index (χ2n) is 5.61. The minimum atomic E-state index is 0.509. The zero-order valence-electron chi connectivity index (χ0n) is 13.1. The second-order valence-corrected chi connectivity index (χ2v) is 6.00. The molecule has 2 aromatic carbocycles.